The number of benzene rings is 3. The third kappa shape index (κ3) is 3.88. The van der Waals surface area contributed by atoms with Crippen LogP contribution < -0.4 is 10.3 Å². The molecule has 0 aliphatic carbocycles. The van der Waals surface area contributed by atoms with Crippen LogP contribution in [0.1, 0.15) is 5.56 Å². The largest absolute Gasteiger partial charge is 0.504 e. The van der Waals surface area contributed by atoms with Gasteiger partial charge in [0.25, 0.3) is 5.56 Å². The van der Waals surface area contributed by atoms with Gasteiger partial charge in [-0.1, -0.05) is 23.7 Å². The molecule has 1 N–H and O–H groups in total. The van der Waals surface area contributed by atoms with Crippen LogP contribution in [0.3, 0.4) is 0 Å². The van der Waals surface area contributed by atoms with Gasteiger partial charge in [0, 0.05) is 20.4 Å². The zero-order chi connectivity index (χ0) is 23.1. The first-order valence-electron chi connectivity index (χ1n) is 9.77. The number of hydrogen-bond acceptors (Lipinski definition) is 6. The van der Waals surface area contributed by atoms with E-state index in [2.05, 4.69) is 26.0 Å². The number of methoxy groups -OCH3 is 1. The van der Waals surface area contributed by atoms with Gasteiger partial charge < -0.3 is 14.3 Å². The highest BCUT2D eigenvalue weighted by molar-refractivity contribution is 9.10. The van der Waals surface area contributed by atoms with Crippen LogP contribution in [0.5, 0.6) is 11.5 Å². The van der Waals surface area contributed by atoms with Crippen molar-refractivity contribution >= 4 is 55.6 Å². The van der Waals surface area contributed by atoms with Crippen molar-refractivity contribution in [3.63, 3.8) is 0 Å². The summed E-state index contributed by atoms with van der Waals surface area (Å²) < 4.78 is 12.9. The first kappa shape index (κ1) is 21.2. The number of ether oxygens (including phenoxy) is 1. The normalized spacial score (nSPS) is 11.6. The van der Waals surface area contributed by atoms with E-state index in [9.17, 15) is 9.90 Å². The van der Waals surface area contributed by atoms with Crippen molar-refractivity contribution in [2.75, 3.05) is 7.11 Å². The Morgan fingerprint density at radius 2 is 2.00 bits per heavy atom. The molecule has 0 amide bonds. The van der Waals surface area contributed by atoms with Crippen molar-refractivity contribution < 1.29 is 14.3 Å². The van der Waals surface area contributed by atoms with Gasteiger partial charge in [0.2, 0.25) is 5.82 Å². The maximum absolute atomic E-state index is 13.3. The lowest BCUT2D eigenvalue weighted by Gasteiger charge is -2.08. The molecule has 5 aromatic rings. The van der Waals surface area contributed by atoms with E-state index in [0.717, 1.165) is 5.39 Å². The van der Waals surface area contributed by atoms with Crippen LogP contribution in [0.2, 0.25) is 5.02 Å². The lowest BCUT2D eigenvalue weighted by Crippen LogP contribution is -2.20. The number of hydrogen-bond donors (Lipinski definition) is 1. The van der Waals surface area contributed by atoms with Gasteiger partial charge in [0.05, 0.1) is 24.2 Å². The molecule has 0 radical (unpaired) electrons. The molecule has 2 heterocycles. The average molecular weight is 525 g/mol. The van der Waals surface area contributed by atoms with Gasteiger partial charge in [-0.3, -0.25) is 4.79 Å². The molecule has 9 heteroatoms. The first-order valence-corrected chi connectivity index (χ1v) is 10.9. The van der Waals surface area contributed by atoms with Gasteiger partial charge in [-0.15, -0.1) is 0 Å². The topological polar surface area (TPSA) is 89.9 Å². The van der Waals surface area contributed by atoms with Crippen LogP contribution in [0.15, 0.2) is 79.4 Å². The summed E-state index contributed by atoms with van der Waals surface area (Å²) in [7, 11) is 1.45. The number of furan rings is 1. The maximum Gasteiger partial charge on any atom is 0.282 e. The van der Waals surface area contributed by atoms with Crippen molar-refractivity contribution in [2.24, 2.45) is 5.10 Å². The van der Waals surface area contributed by atoms with Crippen molar-refractivity contribution in [2.45, 2.75) is 0 Å². The molecule has 0 aliphatic rings. The summed E-state index contributed by atoms with van der Waals surface area (Å²) in [6.07, 6.45) is 1.48. The van der Waals surface area contributed by atoms with Gasteiger partial charge in [-0.05, 0) is 64.5 Å². The molecular formula is C24H15BrClN3O4. The lowest BCUT2D eigenvalue weighted by atomic mass is 10.2. The molecule has 0 saturated heterocycles. The Morgan fingerprint density at radius 3 is 2.82 bits per heavy atom. The highest BCUT2D eigenvalue weighted by Crippen LogP contribution is 2.32. The molecule has 0 fully saturated rings. The molecule has 5 rings (SSSR count). The fourth-order valence-corrected chi connectivity index (χ4v) is 4.07. The fraction of sp³-hybridized carbons (Fsp3) is 0.0417. The zero-order valence-corrected chi connectivity index (χ0v) is 19.5. The molecule has 3 aromatic carbocycles. The molecule has 0 atom stereocenters. The van der Waals surface area contributed by atoms with Crippen LogP contribution in [-0.4, -0.2) is 28.1 Å². The van der Waals surface area contributed by atoms with Gasteiger partial charge >= 0.3 is 0 Å². The monoisotopic (exact) mass is 523 g/mol. The van der Waals surface area contributed by atoms with E-state index in [0.29, 0.717) is 37.3 Å². The summed E-state index contributed by atoms with van der Waals surface area (Å²) in [5.74, 6) is 0.865. The van der Waals surface area contributed by atoms with E-state index >= 15 is 0 Å². The second kappa shape index (κ2) is 8.38. The number of fused-ring (bicyclic) bond motifs is 2. The number of halogens is 2. The Labute approximate surface area is 200 Å². The molecular weight excluding hydrogens is 510 g/mol. The van der Waals surface area contributed by atoms with E-state index in [-0.39, 0.29) is 22.9 Å². The summed E-state index contributed by atoms with van der Waals surface area (Å²) in [5, 5.41) is 16.1. The summed E-state index contributed by atoms with van der Waals surface area (Å²) >= 11 is 9.50. The first-order chi connectivity index (χ1) is 15.9. The van der Waals surface area contributed by atoms with Crippen LogP contribution in [-0.2, 0) is 0 Å². The van der Waals surface area contributed by atoms with Gasteiger partial charge in [-0.2, -0.15) is 9.78 Å². The summed E-state index contributed by atoms with van der Waals surface area (Å²) in [4.78, 5) is 18.0. The van der Waals surface area contributed by atoms with Crippen LogP contribution >= 0.6 is 27.5 Å². The summed E-state index contributed by atoms with van der Waals surface area (Å²) in [6.45, 7) is 0. The molecule has 0 spiro atoms. The number of phenols is 1. The third-order valence-electron chi connectivity index (χ3n) is 5.06. The third-order valence-corrected chi connectivity index (χ3v) is 5.98. The molecule has 0 saturated carbocycles. The molecule has 7 nitrogen and oxygen atoms in total. The summed E-state index contributed by atoms with van der Waals surface area (Å²) in [5.41, 5.74) is 1.37. The second-order valence-corrected chi connectivity index (χ2v) is 8.44. The van der Waals surface area contributed by atoms with E-state index in [1.54, 1.807) is 48.5 Å². The van der Waals surface area contributed by atoms with Crippen LogP contribution in [0.25, 0.3) is 33.5 Å². The number of para-hydroxylation sites is 1. The van der Waals surface area contributed by atoms with Gasteiger partial charge in [0.15, 0.2) is 17.3 Å². The smallest absolute Gasteiger partial charge is 0.282 e. The number of aromatic nitrogens is 2. The Kier molecular flexibility index (Phi) is 5.39. The second-order valence-electron chi connectivity index (χ2n) is 7.15. The number of phenolic OH excluding ortho intramolecular Hbond substituents is 1. The molecule has 33 heavy (non-hydrogen) atoms. The van der Waals surface area contributed by atoms with Crippen molar-refractivity contribution in [1.29, 1.82) is 0 Å². The van der Waals surface area contributed by atoms with Crippen LogP contribution in [0, 0.1) is 0 Å². The average Bonchev–Trinajstić information content (AvgIpc) is 3.22. The van der Waals surface area contributed by atoms with Gasteiger partial charge in [-0.25, -0.2) is 4.98 Å². The molecule has 0 bridgehead atoms. The predicted molar refractivity (Wildman–Crippen MR) is 132 cm³/mol. The minimum atomic E-state index is -0.354. The van der Waals surface area contributed by atoms with Crippen LogP contribution in [0.4, 0.5) is 0 Å². The Bertz CT molecular complexity index is 1620. The lowest BCUT2D eigenvalue weighted by molar-refractivity contribution is 0.373. The molecule has 2 aromatic heterocycles. The summed E-state index contributed by atoms with van der Waals surface area (Å²) in [6, 6.07) is 17.2. The highest BCUT2D eigenvalue weighted by atomic mass is 79.9. The van der Waals surface area contributed by atoms with Crippen molar-refractivity contribution in [1.82, 2.24) is 9.66 Å². The van der Waals surface area contributed by atoms with E-state index in [1.807, 2.05) is 6.07 Å². The maximum atomic E-state index is 13.3. The molecule has 164 valence electrons. The fourth-order valence-electron chi connectivity index (χ4n) is 3.46. The van der Waals surface area contributed by atoms with Crippen molar-refractivity contribution in [3.8, 4) is 23.1 Å². The number of aromatic hydroxyl groups is 1. The Balaban J connectivity index is 1.73. The zero-order valence-electron chi connectivity index (χ0n) is 17.1. The van der Waals surface area contributed by atoms with E-state index in [1.165, 1.54) is 24.1 Å². The Hall–Kier alpha value is -3.62. The highest BCUT2D eigenvalue weighted by Gasteiger charge is 2.17. The molecule has 0 aliphatic heterocycles. The van der Waals surface area contributed by atoms with Crippen molar-refractivity contribution in [3.05, 3.63) is 86.1 Å². The Morgan fingerprint density at radius 1 is 1.18 bits per heavy atom. The quantitative estimate of drug-likeness (QED) is 0.299. The SMILES string of the molecule is COc1cc(C=Nn2c(-c3cc4cc(Cl)ccc4o3)nc3ccccc3c2=O)c(Br)cc1O. The minimum Gasteiger partial charge on any atom is -0.504 e. The van der Waals surface area contributed by atoms with E-state index < -0.39 is 0 Å². The van der Waals surface area contributed by atoms with Gasteiger partial charge in [0.1, 0.15) is 5.58 Å². The van der Waals surface area contributed by atoms with E-state index in [4.69, 9.17) is 20.8 Å². The molecule has 0 unspecified atom stereocenters. The standard InChI is InChI=1S/C24H15BrClN3O4/c1-32-21-10-14(17(25)11-19(21)30)12-27-29-23(28-18-5-3-2-4-16(18)24(29)31)22-9-13-8-15(26)6-7-20(13)33-22/h2-12,30H,1H3. The number of nitrogens with zero attached hydrogens (tertiary/aromatic N) is 3. The predicted octanol–water partition coefficient (Wildman–Crippen LogP) is 5.82. The number of rotatable bonds is 4. The minimum absolute atomic E-state index is 0.0207.